The lowest BCUT2D eigenvalue weighted by atomic mass is 9.85. The lowest BCUT2D eigenvalue weighted by molar-refractivity contribution is 0.409. The molecule has 0 aliphatic rings. The molecule has 0 saturated carbocycles. The van der Waals surface area contributed by atoms with Gasteiger partial charge < -0.3 is 5.73 Å². The van der Waals surface area contributed by atoms with Gasteiger partial charge >= 0.3 is 0 Å². The van der Waals surface area contributed by atoms with E-state index in [2.05, 4.69) is 20.9 Å². The maximum atomic E-state index is 13.6. The molecular formula is C15H15BrF2N2. The van der Waals surface area contributed by atoms with E-state index in [1.807, 2.05) is 13.0 Å². The molecule has 2 aromatic rings. The maximum absolute atomic E-state index is 13.6. The summed E-state index contributed by atoms with van der Waals surface area (Å²) in [6.07, 6.45) is 2.17. The largest absolute Gasteiger partial charge is 0.320 e. The van der Waals surface area contributed by atoms with Gasteiger partial charge in [-0.1, -0.05) is 19.1 Å². The molecule has 1 heterocycles. The van der Waals surface area contributed by atoms with Crippen LogP contribution in [-0.2, 0) is 12.0 Å². The van der Waals surface area contributed by atoms with Crippen molar-refractivity contribution in [2.45, 2.75) is 25.3 Å². The summed E-state index contributed by atoms with van der Waals surface area (Å²) in [4.78, 5) is 4.06. The number of pyridine rings is 1. The fourth-order valence-electron chi connectivity index (χ4n) is 2.09. The van der Waals surface area contributed by atoms with Crippen molar-refractivity contribution in [1.82, 2.24) is 4.98 Å². The van der Waals surface area contributed by atoms with E-state index in [0.717, 1.165) is 11.8 Å². The van der Waals surface area contributed by atoms with Crippen LogP contribution in [-0.4, -0.2) is 4.98 Å². The Morgan fingerprint density at radius 2 is 2.00 bits per heavy atom. The molecule has 20 heavy (non-hydrogen) atoms. The number of hydrogen-bond donors (Lipinski definition) is 1. The number of hydrogen-bond acceptors (Lipinski definition) is 2. The molecule has 106 valence electrons. The number of benzene rings is 1. The zero-order valence-electron chi connectivity index (χ0n) is 11.0. The van der Waals surface area contributed by atoms with Crippen molar-refractivity contribution in [2.24, 2.45) is 5.73 Å². The van der Waals surface area contributed by atoms with E-state index in [0.29, 0.717) is 23.0 Å². The number of nitrogens with two attached hydrogens (primary N) is 1. The Morgan fingerprint density at radius 1 is 1.25 bits per heavy atom. The Labute approximate surface area is 125 Å². The highest BCUT2D eigenvalue weighted by Gasteiger charge is 2.28. The SMILES string of the molecule is CCC(N)(Cc1cccc(F)c1Br)c1ccc(F)cn1. The topological polar surface area (TPSA) is 38.9 Å². The third kappa shape index (κ3) is 3.04. The second kappa shape index (κ2) is 5.97. The van der Waals surface area contributed by atoms with Gasteiger partial charge in [-0.05, 0) is 52.5 Å². The van der Waals surface area contributed by atoms with E-state index >= 15 is 0 Å². The van der Waals surface area contributed by atoms with Crippen LogP contribution in [0.5, 0.6) is 0 Å². The van der Waals surface area contributed by atoms with Gasteiger partial charge in [-0.3, -0.25) is 4.98 Å². The molecule has 2 nitrogen and oxygen atoms in total. The Hall–Kier alpha value is -1.33. The number of halogens is 3. The normalized spacial score (nSPS) is 14.1. The van der Waals surface area contributed by atoms with Crippen molar-refractivity contribution in [3.05, 3.63) is 63.9 Å². The first-order valence-corrected chi connectivity index (χ1v) is 7.09. The predicted molar refractivity (Wildman–Crippen MR) is 78.2 cm³/mol. The van der Waals surface area contributed by atoms with E-state index in [-0.39, 0.29) is 5.82 Å². The molecule has 0 bridgehead atoms. The third-order valence-corrected chi connectivity index (χ3v) is 4.29. The lowest BCUT2D eigenvalue weighted by Gasteiger charge is -2.28. The summed E-state index contributed by atoms with van der Waals surface area (Å²) in [5.41, 5.74) is 6.99. The molecular weight excluding hydrogens is 326 g/mol. The fourth-order valence-corrected chi connectivity index (χ4v) is 2.50. The lowest BCUT2D eigenvalue weighted by Crippen LogP contribution is -2.39. The van der Waals surface area contributed by atoms with Gasteiger partial charge in [0.15, 0.2) is 0 Å². The Kier molecular flexibility index (Phi) is 4.50. The highest BCUT2D eigenvalue weighted by Crippen LogP contribution is 2.30. The minimum atomic E-state index is -0.760. The second-order valence-electron chi connectivity index (χ2n) is 4.76. The molecule has 0 saturated heterocycles. The number of nitrogens with zero attached hydrogens (tertiary/aromatic N) is 1. The molecule has 0 spiro atoms. The van der Waals surface area contributed by atoms with Crippen molar-refractivity contribution >= 4 is 15.9 Å². The minimum Gasteiger partial charge on any atom is -0.320 e. The molecule has 1 atom stereocenters. The van der Waals surface area contributed by atoms with Crippen molar-refractivity contribution in [3.8, 4) is 0 Å². The minimum absolute atomic E-state index is 0.326. The zero-order valence-corrected chi connectivity index (χ0v) is 12.6. The van der Waals surface area contributed by atoms with Crippen molar-refractivity contribution < 1.29 is 8.78 Å². The van der Waals surface area contributed by atoms with Crippen LogP contribution in [0.25, 0.3) is 0 Å². The molecule has 0 amide bonds. The molecule has 1 aromatic carbocycles. The average Bonchev–Trinajstić information content (AvgIpc) is 2.44. The number of aromatic nitrogens is 1. The molecule has 0 fully saturated rings. The first-order valence-electron chi connectivity index (χ1n) is 6.30. The van der Waals surface area contributed by atoms with Crippen LogP contribution >= 0.6 is 15.9 Å². The van der Waals surface area contributed by atoms with E-state index in [1.54, 1.807) is 12.1 Å². The summed E-state index contributed by atoms with van der Waals surface area (Å²) in [6.45, 7) is 1.93. The summed E-state index contributed by atoms with van der Waals surface area (Å²) in [7, 11) is 0. The van der Waals surface area contributed by atoms with Gasteiger partial charge in [-0.2, -0.15) is 0 Å². The van der Waals surface area contributed by atoms with Gasteiger partial charge in [0.1, 0.15) is 11.6 Å². The van der Waals surface area contributed by atoms with Crippen LogP contribution in [0.3, 0.4) is 0 Å². The van der Waals surface area contributed by atoms with Crippen LogP contribution in [0.1, 0.15) is 24.6 Å². The van der Waals surface area contributed by atoms with Crippen LogP contribution in [0.4, 0.5) is 8.78 Å². The predicted octanol–water partition coefficient (Wildman–Crippen LogP) is 3.93. The fraction of sp³-hybridized carbons (Fsp3) is 0.267. The number of rotatable bonds is 4. The molecule has 5 heteroatoms. The summed E-state index contributed by atoms with van der Waals surface area (Å²) in [6, 6.07) is 7.75. The summed E-state index contributed by atoms with van der Waals surface area (Å²) in [5, 5.41) is 0. The van der Waals surface area contributed by atoms with Gasteiger partial charge in [-0.25, -0.2) is 8.78 Å². The third-order valence-electron chi connectivity index (χ3n) is 3.41. The Balaban J connectivity index is 2.36. The molecule has 1 aromatic heterocycles. The highest BCUT2D eigenvalue weighted by atomic mass is 79.9. The summed E-state index contributed by atoms with van der Waals surface area (Å²) in [5.74, 6) is -0.729. The van der Waals surface area contributed by atoms with Crippen LogP contribution < -0.4 is 5.73 Å². The molecule has 0 aliphatic carbocycles. The van der Waals surface area contributed by atoms with Crippen molar-refractivity contribution in [3.63, 3.8) is 0 Å². The van der Waals surface area contributed by atoms with Gasteiger partial charge in [0, 0.05) is 0 Å². The van der Waals surface area contributed by atoms with Crippen LogP contribution in [0.2, 0.25) is 0 Å². The van der Waals surface area contributed by atoms with E-state index < -0.39 is 11.4 Å². The first-order chi connectivity index (χ1) is 9.46. The van der Waals surface area contributed by atoms with Crippen molar-refractivity contribution in [1.29, 1.82) is 0 Å². The van der Waals surface area contributed by atoms with Crippen molar-refractivity contribution in [2.75, 3.05) is 0 Å². The molecule has 2 rings (SSSR count). The van der Waals surface area contributed by atoms with Gasteiger partial charge in [0.05, 0.1) is 21.9 Å². The smallest absolute Gasteiger partial charge is 0.141 e. The van der Waals surface area contributed by atoms with Gasteiger partial charge in [0.2, 0.25) is 0 Å². The Morgan fingerprint density at radius 3 is 2.60 bits per heavy atom. The Bertz CT molecular complexity index is 601. The zero-order chi connectivity index (χ0) is 14.8. The highest BCUT2D eigenvalue weighted by molar-refractivity contribution is 9.10. The standard InChI is InChI=1S/C15H15BrF2N2/c1-2-15(19,13-7-6-11(17)9-20-13)8-10-4-3-5-12(18)14(10)16/h3-7,9H,2,8,19H2,1H3. The average molecular weight is 341 g/mol. The van der Waals surface area contributed by atoms with E-state index in [1.165, 1.54) is 12.1 Å². The molecule has 1 unspecified atom stereocenters. The quantitative estimate of drug-likeness (QED) is 0.915. The van der Waals surface area contributed by atoms with Gasteiger partial charge in [0.25, 0.3) is 0 Å². The molecule has 2 N–H and O–H groups in total. The summed E-state index contributed by atoms with van der Waals surface area (Å²) >= 11 is 3.24. The van der Waals surface area contributed by atoms with E-state index in [4.69, 9.17) is 5.73 Å². The van der Waals surface area contributed by atoms with Crippen LogP contribution in [0.15, 0.2) is 41.0 Å². The van der Waals surface area contributed by atoms with Gasteiger partial charge in [-0.15, -0.1) is 0 Å². The van der Waals surface area contributed by atoms with E-state index in [9.17, 15) is 8.78 Å². The van der Waals surface area contributed by atoms with Crippen LogP contribution in [0, 0.1) is 11.6 Å². The monoisotopic (exact) mass is 340 g/mol. The second-order valence-corrected chi connectivity index (χ2v) is 5.55. The molecule has 0 aliphatic heterocycles. The maximum Gasteiger partial charge on any atom is 0.141 e. The summed E-state index contributed by atoms with van der Waals surface area (Å²) < 4.78 is 26.9. The molecule has 0 radical (unpaired) electrons. The first kappa shape index (κ1) is 15.1.